The maximum Gasteiger partial charge on any atom is 0.143 e. The minimum Gasteiger partial charge on any atom is -0.495 e. The molecule has 1 aromatic rings. The van der Waals surface area contributed by atoms with E-state index < -0.39 is 0 Å². The second kappa shape index (κ2) is 5.99. The summed E-state index contributed by atoms with van der Waals surface area (Å²) in [6.45, 7) is 1.79. The minimum absolute atomic E-state index is 0.606. The summed E-state index contributed by atoms with van der Waals surface area (Å²) in [7, 11) is 5.66. The van der Waals surface area contributed by atoms with Crippen LogP contribution in [-0.2, 0) is 0 Å². The molecule has 0 aliphatic carbocycles. The van der Waals surface area contributed by atoms with E-state index in [4.69, 9.17) is 10.00 Å². The first-order valence-electron chi connectivity index (χ1n) is 5.14. The molecule has 0 radical (unpaired) electrons. The quantitative estimate of drug-likeness (QED) is 0.816. The van der Waals surface area contributed by atoms with Gasteiger partial charge in [0, 0.05) is 19.2 Å². The molecule has 0 saturated heterocycles. The lowest BCUT2D eigenvalue weighted by Crippen LogP contribution is -2.20. The SMILES string of the molecule is COc1cc(C#N)ccc1NCCN(C)C. The Morgan fingerprint density at radius 2 is 2.19 bits per heavy atom. The van der Waals surface area contributed by atoms with Gasteiger partial charge >= 0.3 is 0 Å². The maximum absolute atomic E-state index is 8.76. The molecule has 0 unspecified atom stereocenters. The number of anilines is 1. The molecule has 1 N–H and O–H groups in total. The Balaban J connectivity index is 2.69. The van der Waals surface area contributed by atoms with Crippen molar-refractivity contribution in [2.24, 2.45) is 0 Å². The third kappa shape index (κ3) is 3.44. The van der Waals surface area contributed by atoms with Crippen LogP contribution < -0.4 is 10.1 Å². The average molecular weight is 219 g/mol. The number of ether oxygens (including phenoxy) is 1. The highest BCUT2D eigenvalue weighted by Crippen LogP contribution is 2.24. The van der Waals surface area contributed by atoms with Gasteiger partial charge in [-0.05, 0) is 26.2 Å². The summed E-state index contributed by atoms with van der Waals surface area (Å²) in [5, 5.41) is 12.0. The normalized spacial score (nSPS) is 9.94. The van der Waals surface area contributed by atoms with E-state index in [0.29, 0.717) is 11.3 Å². The molecular formula is C12H17N3O. The zero-order chi connectivity index (χ0) is 12.0. The van der Waals surface area contributed by atoms with Gasteiger partial charge in [0.25, 0.3) is 0 Å². The maximum atomic E-state index is 8.76. The van der Waals surface area contributed by atoms with Crippen LogP contribution in [0.2, 0.25) is 0 Å². The van der Waals surface area contributed by atoms with Gasteiger partial charge in [-0.3, -0.25) is 0 Å². The fourth-order valence-corrected chi connectivity index (χ4v) is 1.32. The third-order valence-electron chi connectivity index (χ3n) is 2.21. The molecule has 16 heavy (non-hydrogen) atoms. The molecule has 0 atom stereocenters. The van der Waals surface area contributed by atoms with E-state index in [1.807, 2.05) is 20.2 Å². The second-order valence-corrected chi connectivity index (χ2v) is 3.76. The summed E-state index contributed by atoms with van der Waals surface area (Å²) in [5.74, 6) is 0.706. The van der Waals surface area contributed by atoms with Crippen molar-refractivity contribution in [1.29, 1.82) is 5.26 Å². The number of hydrogen-bond donors (Lipinski definition) is 1. The smallest absolute Gasteiger partial charge is 0.143 e. The number of likely N-dealkylation sites (N-methyl/N-ethyl adjacent to an activating group) is 1. The van der Waals surface area contributed by atoms with Gasteiger partial charge in [0.1, 0.15) is 5.75 Å². The molecule has 1 rings (SSSR count). The van der Waals surface area contributed by atoms with Crippen molar-refractivity contribution < 1.29 is 4.74 Å². The number of nitriles is 1. The number of methoxy groups -OCH3 is 1. The fourth-order valence-electron chi connectivity index (χ4n) is 1.32. The highest BCUT2D eigenvalue weighted by atomic mass is 16.5. The van der Waals surface area contributed by atoms with E-state index >= 15 is 0 Å². The lowest BCUT2D eigenvalue weighted by atomic mass is 10.2. The molecule has 0 spiro atoms. The predicted molar refractivity (Wildman–Crippen MR) is 64.8 cm³/mol. The molecule has 0 saturated carbocycles. The van der Waals surface area contributed by atoms with E-state index in [9.17, 15) is 0 Å². The van der Waals surface area contributed by atoms with Crippen LogP contribution in [-0.4, -0.2) is 39.2 Å². The Bertz CT molecular complexity index is 382. The van der Waals surface area contributed by atoms with Gasteiger partial charge < -0.3 is 15.0 Å². The molecule has 0 aromatic heterocycles. The Hall–Kier alpha value is -1.73. The molecule has 0 fully saturated rings. The number of hydrogen-bond acceptors (Lipinski definition) is 4. The molecule has 1 aromatic carbocycles. The van der Waals surface area contributed by atoms with Gasteiger partial charge in [0.2, 0.25) is 0 Å². The van der Waals surface area contributed by atoms with E-state index in [1.165, 1.54) is 0 Å². The van der Waals surface area contributed by atoms with Crippen molar-refractivity contribution in [3.63, 3.8) is 0 Å². The van der Waals surface area contributed by atoms with Crippen molar-refractivity contribution >= 4 is 5.69 Å². The summed E-state index contributed by atoms with van der Waals surface area (Å²) in [6, 6.07) is 7.47. The molecule has 0 aliphatic heterocycles. The monoisotopic (exact) mass is 219 g/mol. The van der Waals surface area contributed by atoms with Crippen molar-refractivity contribution in [3.8, 4) is 11.8 Å². The van der Waals surface area contributed by atoms with Crippen molar-refractivity contribution in [1.82, 2.24) is 4.90 Å². The zero-order valence-corrected chi connectivity index (χ0v) is 9.95. The van der Waals surface area contributed by atoms with Crippen molar-refractivity contribution in [3.05, 3.63) is 23.8 Å². The Kier molecular flexibility index (Phi) is 4.62. The molecule has 0 bridgehead atoms. The lowest BCUT2D eigenvalue weighted by molar-refractivity contribution is 0.413. The van der Waals surface area contributed by atoms with Gasteiger partial charge in [-0.1, -0.05) is 0 Å². The highest BCUT2D eigenvalue weighted by molar-refractivity contribution is 5.59. The molecule has 86 valence electrons. The van der Waals surface area contributed by atoms with E-state index in [0.717, 1.165) is 18.8 Å². The van der Waals surface area contributed by atoms with E-state index in [-0.39, 0.29) is 0 Å². The van der Waals surface area contributed by atoms with Gasteiger partial charge in [-0.2, -0.15) is 5.26 Å². The molecule has 4 heteroatoms. The summed E-state index contributed by atoms with van der Waals surface area (Å²) < 4.78 is 5.22. The van der Waals surface area contributed by atoms with Crippen LogP contribution in [0.15, 0.2) is 18.2 Å². The van der Waals surface area contributed by atoms with Crippen LogP contribution in [0.4, 0.5) is 5.69 Å². The van der Waals surface area contributed by atoms with Crippen LogP contribution >= 0.6 is 0 Å². The second-order valence-electron chi connectivity index (χ2n) is 3.76. The van der Waals surface area contributed by atoms with Crippen LogP contribution in [0, 0.1) is 11.3 Å². The Morgan fingerprint density at radius 3 is 2.75 bits per heavy atom. The molecule has 0 amide bonds. The van der Waals surface area contributed by atoms with Crippen molar-refractivity contribution in [2.75, 3.05) is 39.6 Å². The first-order valence-corrected chi connectivity index (χ1v) is 5.14. The van der Waals surface area contributed by atoms with E-state index in [1.54, 1.807) is 19.2 Å². The number of rotatable bonds is 5. The molecule has 0 aliphatic rings. The number of nitrogens with zero attached hydrogens (tertiary/aromatic N) is 2. The van der Waals surface area contributed by atoms with Gasteiger partial charge in [-0.25, -0.2) is 0 Å². The predicted octanol–water partition coefficient (Wildman–Crippen LogP) is 1.54. The van der Waals surface area contributed by atoms with Crippen LogP contribution in [0.3, 0.4) is 0 Å². The summed E-state index contributed by atoms with van der Waals surface area (Å²) >= 11 is 0. The summed E-state index contributed by atoms with van der Waals surface area (Å²) in [6.07, 6.45) is 0. The Morgan fingerprint density at radius 1 is 1.44 bits per heavy atom. The zero-order valence-electron chi connectivity index (χ0n) is 9.95. The first kappa shape index (κ1) is 12.3. The third-order valence-corrected chi connectivity index (χ3v) is 2.21. The van der Waals surface area contributed by atoms with Gasteiger partial charge in [0.05, 0.1) is 24.4 Å². The van der Waals surface area contributed by atoms with Gasteiger partial charge in [0.15, 0.2) is 0 Å². The topological polar surface area (TPSA) is 48.3 Å². The number of benzene rings is 1. The number of nitrogens with one attached hydrogen (secondary N) is 1. The van der Waals surface area contributed by atoms with Gasteiger partial charge in [-0.15, -0.1) is 0 Å². The standard InChI is InChI=1S/C12H17N3O/c1-15(2)7-6-14-11-5-4-10(9-13)8-12(11)16-3/h4-5,8,14H,6-7H2,1-3H3. The van der Waals surface area contributed by atoms with Crippen LogP contribution in [0.5, 0.6) is 5.75 Å². The summed E-state index contributed by atoms with van der Waals surface area (Å²) in [5.41, 5.74) is 1.53. The highest BCUT2D eigenvalue weighted by Gasteiger charge is 2.03. The molecular weight excluding hydrogens is 202 g/mol. The van der Waals surface area contributed by atoms with Crippen LogP contribution in [0.1, 0.15) is 5.56 Å². The van der Waals surface area contributed by atoms with E-state index in [2.05, 4.69) is 16.3 Å². The minimum atomic E-state index is 0.606. The first-order chi connectivity index (χ1) is 7.67. The summed E-state index contributed by atoms with van der Waals surface area (Å²) in [4.78, 5) is 2.10. The average Bonchev–Trinajstić information content (AvgIpc) is 2.29. The van der Waals surface area contributed by atoms with Crippen molar-refractivity contribution in [2.45, 2.75) is 0 Å². The lowest BCUT2D eigenvalue weighted by Gasteiger charge is -2.13. The molecule has 0 heterocycles. The molecule has 4 nitrogen and oxygen atoms in total. The van der Waals surface area contributed by atoms with Crippen LogP contribution in [0.25, 0.3) is 0 Å². The fraction of sp³-hybridized carbons (Fsp3) is 0.417. The Labute approximate surface area is 96.4 Å². The largest absolute Gasteiger partial charge is 0.495 e.